The number of ether oxygens (including phenoxy) is 1. The second-order valence-corrected chi connectivity index (χ2v) is 4.15. The van der Waals surface area contributed by atoms with Crippen LogP contribution in [-0.2, 0) is 9.53 Å². The first-order chi connectivity index (χ1) is 6.28. The summed E-state index contributed by atoms with van der Waals surface area (Å²) in [5, 5.41) is 0. The van der Waals surface area contributed by atoms with E-state index in [2.05, 4.69) is 0 Å². The average Bonchev–Trinajstić information content (AvgIpc) is 1.95. The standard InChI is InChI=1S/C10H19NO3/c1-6-7-11(8(2)12)9(13)14-10(3,4)5/h6-7H2,1-5H3. The number of nitrogens with zero attached hydrogens (tertiary/aromatic N) is 1. The van der Waals surface area contributed by atoms with Crippen molar-refractivity contribution in [2.75, 3.05) is 6.54 Å². The van der Waals surface area contributed by atoms with Crippen molar-refractivity contribution >= 4 is 12.0 Å². The third-order valence-electron chi connectivity index (χ3n) is 1.44. The summed E-state index contributed by atoms with van der Waals surface area (Å²) < 4.78 is 5.08. The van der Waals surface area contributed by atoms with Crippen molar-refractivity contribution in [3.05, 3.63) is 0 Å². The lowest BCUT2D eigenvalue weighted by molar-refractivity contribution is -0.128. The number of rotatable bonds is 2. The first kappa shape index (κ1) is 12.9. The Labute approximate surface area is 85.2 Å². The van der Waals surface area contributed by atoms with E-state index in [9.17, 15) is 9.59 Å². The van der Waals surface area contributed by atoms with Crippen LogP contribution in [0, 0.1) is 0 Å². The van der Waals surface area contributed by atoms with Crippen molar-refractivity contribution in [2.24, 2.45) is 0 Å². The normalized spacial score (nSPS) is 10.9. The maximum absolute atomic E-state index is 11.5. The fourth-order valence-electron chi connectivity index (χ4n) is 0.918. The molecule has 0 fully saturated rings. The van der Waals surface area contributed by atoms with Gasteiger partial charge >= 0.3 is 6.09 Å². The zero-order chi connectivity index (χ0) is 11.4. The Morgan fingerprint density at radius 1 is 1.29 bits per heavy atom. The molecule has 0 aromatic heterocycles. The molecule has 4 heteroatoms. The molecule has 0 aromatic carbocycles. The second-order valence-electron chi connectivity index (χ2n) is 4.15. The molecule has 0 rings (SSSR count). The molecular weight excluding hydrogens is 182 g/mol. The Kier molecular flexibility index (Phi) is 4.60. The summed E-state index contributed by atoms with van der Waals surface area (Å²) in [4.78, 5) is 23.7. The number of hydrogen-bond donors (Lipinski definition) is 0. The van der Waals surface area contributed by atoms with Crippen molar-refractivity contribution in [2.45, 2.75) is 46.6 Å². The van der Waals surface area contributed by atoms with Gasteiger partial charge in [-0.25, -0.2) is 9.69 Å². The summed E-state index contributed by atoms with van der Waals surface area (Å²) in [5.74, 6) is -0.277. The summed E-state index contributed by atoms with van der Waals surface area (Å²) in [7, 11) is 0. The van der Waals surface area contributed by atoms with Gasteiger partial charge in [0, 0.05) is 13.5 Å². The van der Waals surface area contributed by atoms with Gasteiger partial charge in [0.1, 0.15) is 5.60 Å². The maximum Gasteiger partial charge on any atom is 0.417 e. The highest BCUT2D eigenvalue weighted by molar-refractivity contribution is 5.90. The molecule has 0 aliphatic heterocycles. The summed E-state index contributed by atoms with van der Waals surface area (Å²) in [6.45, 7) is 8.99. The van der Waals surface area contributed by atoms with E-state index >= 15 is 0 Å². The SMILES string of the molecule is CCCN(C(C)=O)C(=O)OC(C)(C)C. The van der Waals surface area contributed by atoms with Crippen LogP contribution in [0.3, 0.4) is 0 Å². The third-order valence-corrected chi connectivity index (χ3v) is 1.44. The van der Waals surface area contributed by atoms with Crippen LogP contribution in [0.5, 0.6) is 0 Å². The van der Waals surface area contributed by atoms with Crippen LogP contribution in [0.4, 0.5) is 4.79 Å². The maximum atomic E-state index is 11.5. The van der Waals surface area contributed by atoms with Gasteiger partial charge in [0.15, 0.2) is 0 Å². The molecule has 0 heterocycles. The fraction of sp³-hybridized carbons (Fsp3) is 0.800. The molecule has 2 amide bonds. The molecule has 0 aliphatic rings. The Bertz CT molecular complexity index is 218. The molecule has 0 N–H and O–H groups in total. The molecular formula is C10H19NO3. The lowest BCUT2D eigenvalue weighted by Crippen LogP contribution is -2.40. The van der Waals surface area contributed by atoms with E-state index < -0.39 is 11.7 Å². The van der Waals surface area contributed by atoms with Crippen molar-refractivity contribution < 1.29 is 14.3 Å². The van der Waals surface area contributed by atoms with E-state index in [1.807, 2.05) is 6.92 Å². The van der Waals surface area contributed by atoms with E-state index in [4.69, 9.17) is 4.74 Å². The van der Waals surface area contributed by atoms with Gasteiger partial charge < -0.3 is 4.74 Å². The lowest BCUT2D eigenvalue weighted by Gasteiger charge is -2.25. The molecule has 0 aliphatic carbocycles. The fourth-order valence-corrected chi connectivity index (χ4v) is 0.918. The van der Waals surface area contributed by atoms with Crippen LogP contribution < -0.4 is 0 Å². The highest BCUT2D eigenvalue weighted by Crippen LogP contribution is 2.10. The largest absolute Gasteiger partial charge is 0.443 e. The summed E-state index contributed by atoms with van der Waals surface area (Å²) >= 11 is 0. The molecule has 0 unspecified atom stereocenters. The summed E-state index contributed by atoms with van der Waals surface area (Å²) in [5.41, 5.74) is -0.557. The number of carbonyl (C=O) groups is 2. The minimum atomic E-state index is -0.563. The van der Waals surface area contributed by atoms with Crippen LogP contribution in [0.2, 0.25) is 0 Å². The van der Waals surface area contributed by atoms with Crippen LogP contribution in [-0.4, -0.2) is 29.0 Å². The smallest absolute Gasteiger partial charge is 0.417 e. The Hall–Kier alpha value is -1.06. The van der Waals surface area contributed by atoms with Crippen molar-refractivity contribution in [3.63, 3.8) is 0 Å². The van der Waals surface area contributed by atoms with Crippen LogP contribution in [0.25, 0.3) is 0 Å². The minimum absolute atomic E-state index is 0.277. The summed E-state index contributed by atoms with van der Waals surface area (Å²) in [6, 6.07) is 0. The van der Waals surface area contributed by atoms with Crippen molar-refractivity contribution in [3.8, 4) is 0 Å². The quantitative estimate of drug-likeness (QED) is 0.688. The van der Waals surface area contributed by atoms with E-state index in [0.717, 1.165) is 11.3 Å². The highest BCUT2D eigenvalue weighted by Gasteiger charge is 2.23. The van der Waals surface area contributed by atoms with Gasteiger partial charge in [0.05, 0.1) is 0 Å². The van der Waals surface area contributed by atoms with E-state index in [1.54, 1.807) is 20.8 Å². The minimum Gasteiger partial charge on any atom is -0.443 e. The zero-order valence-corrected chi connectivity index (χ0v) is 9.59. The molecule has 0 saturated carbocycles. The highest BCUT2D eigenvalue weighted by atomic mass is 16.6. The molecule has 0 aromatic rings. The number of imide groups is 1. The third kappa shape index (κ3) is 4.84. The molecule has 0 atom stereocenters. The molecule has 0 spiro atoms. The predicted octanol–water partition coefficient (Wildman–Crippen LogP) is 2.18. The molecule has 0 bridgehead atoms. The first-order valence-electron chi connectivity index (χ1n) is 4.79. The Balaban J connectivity index is 4.38. The summed E-state index contributed by atoms with van der Waals surface area (Å²) in [6.07, 6.45) is 0.172. The molecule has 0 radical (unpaired) electrons. The average molecular weight is 201 g/mol. The van der Waals surface area contributed by atoms with Gasteiger partial charge in [-0.3, -0.25) is 4.79 Å². The predicted molar refractivity (Wildman–Crippen MR) is 53.9 cm³/mol. The number of carbonyl (C=O) groups excluding carboxylic acids is 2. The molecule has 14 heavy (non-hydrogen) atoms. The van der Waals surface area contributed by atoms with Gasteiger partial charge in [-0.15, -0.1) is 0 Å². The monoisotopic (exact) mass is 201 g/mol. The van der Waals surface area contributed by atoms with Gasteiger partial charge in [0.25, 0.3) is 0 Å². The molecule has 4 nitrogen and oxygen atoms in total. The van der Waals surface area contributed by atoms with E-state index in [1.165, 1.54) is 6.92 Å². The van der Waals surface area contributed by atoms with Crippen molar-refractivity contribution in [1.29, 1.82) is 0 Å². The van der Waals surface area contributed by atoms with Gasteiger partial charge in [0.2, 0.25) is 5.91 Å². The topological polar surface area (TPSA) is 46.6 Å². The van der Waals surface area contributed by atoms with E-state index in [0.29, 0.717) is 6.54 Å². The van der Waals surface area contributed by atoms with Crippen LogP contribution in [0.15, 0.2) is 0 Å². The van der Waals surface area contributed by atoms with E-state index in [-0.39, 0.29) is 5.91 Å². The van der Waals surface area contributed by atoms with Crippen LogP contribution in [0.1, 0.15) is 41.0 Å². The number of hydrogen-bond acceptors (Lipinski definition) is 3. The Morgan fingerprint density at radius 3 is 2.07 bits per heavy atom. The number of amides is 2. The van der Waals surface area contributed by atoms with Crippen molar-refractivity contribution in [1.82, 2.24) is 4.90 Å². The first-order valence-corrected chi connectivity index (χ1v) is 4.79. The van der Waals surface area contributed by atoms with Gasteiger partial charge in [-0.2, -0.15) is 0 Å². The Morgan fingerprint density at radius 2 is 1.79 bits per heavy atom. The van der Waals surface area contributed by atoms with Gasteiger partial charge in [-0.05, 0) is 27.2 Å². The van der Waals surface area contributed by atoms with Gasteiger partial charge in [-0.1, -0.05) is 6.92 Å². The molecule has 0 saturated heterocycles. The lowest BCUT2D eigenvalue weighted by atomic mass is 10.2. The zero-order valence-electron chi connectivity index (χ0n) is 9.59. The molecule has 82 valence electrons. The van der Waals surface area contributed by atoms with Crippen LogP contribution >= 0.6 is 0 Å². The second kappa shape index (κ2) is 4.98.